The standard InChI is InChI=1S/C36H44O8.C27H37NO7/c1-19-5-9-22(10-6-19)25(37)17-21-7-11-23(12-8-21)32(41)44-31-24-13-14-26-34-18-43-36(42,35(26,31)29(39)20(24)2)30(40)28(34)33(3,4)16-15-27(34)38;1-13-16-8-9-17-25-12-34-27(33,21(31)19(25)24(2,3)11-10-18(25)29)26(17,20(13)30)22(16)35-23(32)14-4-6-15(28)7-5-14/h5-6,9-10,21,23-24,26,28,30-31,40,42H,2,7-8,11-18H2,1,3-4H3;14-17,19,21-22,31,33H,1,4-12,28H2,2-3H3/t21?,23?,24-,26-,28+,30-,31+,34+,35-,36-;14?,15?,16-,17-,19+,21-,22+,25+,26-,27-/m00/s1. The number of Topliss-reactive ketones (excluding diaryl/α,β-unsaturated/α-hetero) is 5. The third-order valence-electron chi connectivity index (χ3n) is 23.9. The van der Waals surface area contributed by atoms with Crippen molar-refractivity contribution in [2.24, 2.45) is 91.5 Å². The summed E-state index contributed by atoms with van der Waals surface area (Å²) in [7, 11) is 0. The van der Waals surface area contributed by atoms with E-state index >= 15 is 0 Å². The van der Waals surface area contributed by atoms with Gasteiger partial charge in [-0.2, -0.15) is 0 Å². The molecule has 4 heterocycles. The molecule has 6 N–H and O–H groups in total. The zero-order chi connectivity index (χ0) is 56.5. The van der Waals surface area contributed by atoms with Gasteiger partial charge in [-0.05, 0) is 137 Å². The Morgan fingerprint density at radius 1 is 0.620 bits per heavy atom. The summed E-state index contributed by atoms with van der Waals surface area (Å²) in [5.41, 5.74) is 1.71. The van der Waals surface area contributed by atoms with Gasteiger partial charge >= 0.3 is 11.9 Å². The number of rotatable bonds is 7. The van der Waals surface area contributed by atoms with E-state index in [4.69, 9.17) is 24.7 Å². The lowest BCUT2D eigenvalue weighted by Gasteiger charge is -2.73. The summed E-state index contributed by atoms with van der Waals surface area (Å²) in [5.74, 6) is -10.1. The van der Waals surface area contributed by atoms with Crippen LogP contribution >= 0.6 is 0 Å². The van der Waals surface area contributed by atoms with Gasteiger partial charge in [0, 0.05) is 54.5 Å². The molecule has 0 radical (unpaired) electrons. The SMILES string of the molecule is C=C1C(=O)[C@]23[C@H](OC(=O)C4CCC(CC(=O)c5ccc(C)cc5)CC4)[C@H]1CC[C@H]2[C@@]12CO[C@@]3(O)[C@@H](O)[C@@H]1C(C)(C)CCC2=O.C=C1C(=O)[C@]23[C@H](OC(=O)C4CCC(N)CC4)[C@H]1CC[C@H]2[C@@]12CO[C@@]3(O)[C@@H](O)[C@@H]1C(C)(C)CCC2=O. The number of aryl methyl sites for hydroxylation is 1. The molecule has 16 nitrogen and oxygen atoms in total. The number of ether oxygens (including phenoxy) is 4. The Kier molecular flexibility index (Phi) is 12.8. The summed E-state index contributed by atoms with van der Waals surface area (Å²) >= 11 is 0. The molecule has 10 saturated carbocycles. The van der Waals surface area contributed by atoms with Crippen LogP contribution in [-0.2, 0) is 47.7 Å². The number of aliphatic hydroxyl groups is 4. The van der Waals surface area contributed by atoms with Gasteiger partial charge < -0.3 is 45.1 Å². The van der Waals surface area contributed by atoms with Crippen molar-refractivity contribution in [3.63, 3.8) is 0 Å². The summed E-state index contributed by atoms with van der Waals surface area (Å²) in [6, 6.07) is 7.66. The average molecular weight is 1090 g/mol. The number of carbonyl (C=O) groups excluding carboxylic acids is 7. The smallest absolute Gasteiger partial charge is 0.309 e. The average Bonchev–Trinajstić information content (AvgIpc) is 2.21. The first-order chi connectivity index (χ1) is 37.2. The number of aliphatic hydroxyl groups excluding tert-OH is 2. The highest BCUT2D eigenvalue weighted by atomic mass is 16.7. The van der Waals surface area contributed by atoms with E-state index in [1.54, 1.807) is 0 Å². The van der Waals surface area contributed by atoms with Gasteiger partial charge in [0.1, 0.15) is 46.8 Å². The minimum absolute atomic E-state index is 0.0258. The number of hydrogen-bond donors (Lipinski definition) is 5. The van der Waals surface area contributed by atoms with Crippen LogP contribution in [0.15, 0.2) is 48.6 Å². The van der Waals surface area contributed by atoms with E-state index in [2.05, 4.69) is 13.2 Å². The fourth-order valence-corrected chi connectivity index (χ4v) is 20.0. The highest BCUT2D eigenvalue weighted by Gasteiger charge is 2.90. The molecule has 0 amide bonds. The van der Waals surface area contributed by atoms with Gasteiger partial charge in [-0.25, -0.2) is 0 Å². The van der Waals surface area contributed by atoms with Crippen molar-refractivity contribution in [3.05, 3.63) is 59.7 Å². The van der Waals surface area contributed by atoms with Crippen molar-refractivity contribution < 1.29 is 72.9 Å². The van der Waals surface area contributed by atoms with Crippen LogP contribution in [0.5, 0.6) is 0 Å². The molecule has 4 aliphatic heterocycles. The van der Waals surface area contributed by atoms with E-state index in [0.29, 0.717) is 107 Å². The molecule has 0 aromatic heterocycles. The first-order valence-corrected chi connectivity index (χ1v) is 29.6. The molecule has 1 aromatic rings. The van der Waals surface area contributed by atoms with Gasteiger partial charge in [0.2, 0.25) is 11.6 Å². The van der Waals surface area contributed by atoms with Gasteiger partial charge in [-0.1, -0.05) is 70.7 Å². The van der Waals surface area contributed by atoms with Gasteiger partial charge in [0.05, 0.1) is 35.9 Å². The second-order valence-electron chi connectivity index (χ2n) is 28.2. The van der Waals surface area contributed by atoms with Gasteiger partial charge in [0.15, 0.2) is 17.3 Å². The van der Waals surface area contributed by atoms with Crippen molar-refractivity contribution in [2.75, 3.05) is 13.2 Å². The first-order valence-electron chi connectivity index (χ1n) is 29.6. The zero-order valence-corrected chi connectivity index (χ0v) is 46.6. The number of nitrogens with two attached hydrogens (primary N) is 1. The summed E-state index contributed by atoms with van der Waals surface area (Å²) in [6.45, 7) is 18.1. The van der Waals surface area contributed by atoms with E-state index in [1.807, 2.05) is 58.9 Å². The van der Waals surface area contributed by atoms with Crippen LogP contribution in [-0.4, -0.2) is 117 Å². The number of fused-ring (bicyclic) bond motifs is 4. The van der Waals surface area contributed by atoms with Crippen LogP contribution in [0, 0.1) is 92.7 Å². The van der Waals surface area contributed by atoms with Crippen molar-refractivity contribution in [1.82, 2.24) is 0 Å². The number of esters is 2. The highest BCUT2D eigenvalue weighted by molar-refractivity contribution is 6.07. The second-order valence-corrected chi connectivity index (χ2v) is 28.2. The molecule has 10 aliphatic carbocycles. The number of benzene rings is 1. The van der Waals surface area contributed by atoms with Crippen LogP contribution in [0.3, 0.4) is 0 Å². The lowest BCUT2D eigenvalue weighted by atomic mass is 9.36. The number of carbonyl (C=O) groups is 7. The van der Waals surface area contributed by atoms with Gasteiger partial charge in [-0.3, -0.25) is 33.6 Å². The largest absolute Gasteiger partial charge is 0.460 e. The second kappa shape index (κ2) is 18.4. The summed E-state index contributed by atoms with van der Waals surface area (Å²) < 4.78 is 24.5. The first kappa shape index (κ1) is 55.3. The van der Waals surface area contributed by atoms with E-state index in [1.165, 1.54) is 0 Å². The van der Waals surface area contributed by atoms with Crippen molar-refractivity contribution in [3.8, 4) is 0 Å². The third kappa shape index (κ3) is 7.06. The Balaban J connectivity index is 0.000000162. The summed E-state index contributed by atoms with van der Waals surface area (Å²) in [6.07, 6.45) is 4.50. The van der Waals surface area contributed by atoms with Crippen LogP contribution < -0.4 is 5.73 Å². The van der Waals surface area contributed by atoms with Crippen molar-refractivity contribution in [2.45, 2.75) is 186 Å². The Hall–Kier alpha value is -4.29. The van der Waals surface area contributed by atoms with E-state index in [0.717, 1.165) is 18.4 Å². The quantitative estimate of drug-likeness (QED) is 0.116. The molecule has 8 bridgehead atoms. The topological polar surface area (TPSA) is 263 Å². The molecule has 16 heteroatoms. The van der Waals surface area contributed by atoms with E-state index in [9.17, 15) is 54.0 Å². The molecule has 16 atom stereocenters. The Labute approximate surface area is 462 Å². The number of hydrogen-bond acceptors (Lipinski definition) is 16. The maximum Gasteiger partial charge on any atom is 0.309 e. The van der Waals surface area contributed by atoms with Crippen LogP contribution in [0.2, 0.25) is 0 Å². The van der Waals surface area contributed by atoms with Crippen LogP contribution in [0.1, 0.15) is 153 Å². The maximum absolute atomic E-state index is 14.3. The molecule has 4 spiro atoms. The molecule has 79 heavy (non-hydrogen) atoms. The predicted octanol–water partition coefficient (Wildman–Crippen LogP) is 6.17. The van der Waals surface area contributed by atoms with Gasteiger partial charge in [0.25, 0.3) is 0 Å². The fourth-order valence-electron chi connectivity index (χ4n) is 20.0. The van der Waals surface area contributed by atoms with Crippen molar-refractivity contribution in [1.29, 1.82) is 0 Å². The predicted molar refractivity (Wildman–Crippen MR) is 283 cm³/mol. The Bertz CT molecular complexity index is 2820. The maximum atomic E-state index is 14.3. The van der Waals surface area contributed by atoms with Gasteiger partial charge in [-0.15, -0.1) is 0 Å². The molecule has 0 unspecified atom stereocenters. The van der Waals surface area contributed by atoms with Crippen LogP contribution in [0.4, 0.5) is 0 Å². The normalized spacial score (nSPS) is 47.5. The van der Waals surface area contributed by atoms with Crippen molar-refractivity contribution >= 4 is 40.9 Å². The third-order valence-corrected chi connectivity index (χ3v) is 23.9. The molecule has 1 aromatic carbocycles. The Morgan fingerprint density at radius 2 is 1.03 bits per heavy atom. The molecular weight excluding hydrogens is 1010 g/mol. The molecular formula is C63H81NO15. The minimum atomic E-state index is -2.30. The van der Waals surface area contributed by atoms with E-state index in [-0.39, 0.29) is 54.0 Å². The highest BCUT2D eigenvalue weighted by Crippen LogP contribution is 2.78. The zero-order valence-electron chi connectivity index (χ0n) is 46.6. The minimum Gasteiger partial charge on any atom is -0.460 e. The lowest BCUT2D eigenvalue weighted by molar-refractivity contribution is -0.437. The number of ketones is 5. The Morgan fingerprint density at radius 3 is 1.44 bits per heavy atom. The summed E-state index contributed by atoms with van der Waals surface area (Å²) in [5, 5.41) is 48.1. The molecule has 15 rings (SSSR count). The van der Waals surface area contributed by atoms with Crippen LogP contribution in [0.25, 0.3) is 0 Å². The van der Waals surface area contributed by atoms with E-state index < -0.39 is 133 Å². The molecule has 428 valence electrons. The molecule has 14 fully saturated rings. The molecule has 14 aliphatic rings. The fraction of sp³-hybridized carbons (Fsp3) is 0.730. The summed E-state index contributed by atoms with van der Waals surface area (Å²) in [4.78, 5) is 96.0. The monoisotopic (exact) mass is 1090 g/mol. The lowest BCUT2D eigenvalue weighted by Crippen LogP contribution is -2.85. The molecule has 4 saturated heterocycles.